The Morgan fingerprint density at radius 3 is 2.62 bits per heavy atom. The number of carbonyl (C=O) groups excluding carboxylic acids is 4. The van der Waals surface area contributed by atoms with Crippen LogP contribution in [0, 0.1) is 5.82 Å². The van der Waals surface area contributed by atoms with E-state index in [0.29, 0.717) is 11.6 Å². The van der Waals surface area contributed by atoms with Gasteiger partial charge >= 0.3 is 6.18 Å². The van der Waals surface area contributed by atoms with Crippen molar-refractivity contribution in [3.05, 3.63) is 63.7 Å². The molecule has 0 radical (unpaired) electrons. The van der Waals surface area contributed by atoms with Crippen molar-refractivity contribution in [1.82, 2.24) is 20.5 Å². The molecule has 0 bridgehead atoms. The van der Waals surface area contributed by atoms with Crippen molar-refractivity contribution in [2.24, 2.45) is 0 Å². The van der Waals surface area contributed by atoms with Crippen LogP contribution in [0.2, 0.25) is 5.02 Å². The molecule has 2 aliphatic rings. The molecule has 0 spiro atoms. The minimum atomic E-state index is -5.06. The fraction of sp³-hybridized carbons (Fsp3) is 0.286. The van der Waals surface area contributed by atoms with Gasteiger partial charge in [0.25, 0.3) is 11.8 Å². The molecule has 4 rings (SSSR count). The number of nitrogens with one attached hydrogen (secondary N) is 2. The Morgan fingerprint density at radius 2 is 1.97 bits per heavy atom. The molecule has 178 valence electrons. The van der Waals surface area contributed by atoms with E-state index in [9.17, 15) is 36.7 Å². The molecule has 34 heavy (non-hydrogen) atoms. The SMILES string of the molecule is O=C1CCC(N2Cc3cc(C(=O)N[C@H](c4ncc(Cl)cc4F)C(F)(F)F)ccc3C2=O)C(=O)N1. The Balaban J connectivity index is 1.56. The van der Waals surface area contributed by atoms with Crippen molar-refractivity contribution < 1.29 is 36.7 Å². The molecule has 1 unspecified atom stereocenters. The summed E-state index contributed by atoms with van der Waals surface area (Å²) >= 11 is 5.54. The highest BCUT2D eigenvalue weighted by Crippen LogP contribution is 2.34. The van der Waals surface area contributed by atoms with Gasteiger partial charge in [0.1, 0.15) is 17.6 Å². The first-order chi connectivity index (χ1) is 16.0. The third-order valence-corrected chi connectivity index (χ3v) is 5.70. The lowest BCUT2D eigenvalue weighted by molar-refractivity contribution is -0.156. The van der Waals surface area contributed by atoms with Crippen molar-refractivity contribution in [3.63, 3.8) is 0 Å². The fourth-order valence-electron chi connectivity index (χ4n) is 3.87. The summed E-state index contributed by atoms with van der Waals surface area (Å²) in [6, 6.07) is 0.671. The quantitative estimate of drug-likeness (QED) is 0.498. The largest absolute Gasteiger partial charge is 0.414 e. The average Bonchev–Trinajstić information content (AvgIpc) is 3.07. The second kappa shape index (κ2) is 8.67. The van der Waals surface area contributed by atoms with Crippen LogP contribution in [0.5, 0.6) is 0 Å². The van der Waals surface area contributed by atoms with E-state index < -0.39 is 53.4 Å². The van der Waals surface area contributed by atoms with Crippen LogP contribution in [0.15, 0.2) is 30.5 Å². The van der Waals surface area contributed by atoms with E-state index in [1.165, 1.54) is 17.0 Å². The Labute approximate surface area is 194 Å². The maximum Gasteiger partial charge on any atom is 0.414 e. The van der Waals surface area contributed by atoms with Crippen LogP contribution in [-0.4, -0.2) is 45.7 Å². The van der Waals surface area contributed by atoms with Gasteiger partial charge in [-0.05, 0) is 36.2 Å². The highest BCUT2D eigenvalue weighted by Gasteiger charge is 2.45. The molecule has 1 aromatic carbocycles. The predicted molar refractivity (Wildman–Crippen MR) is 108 cm³/mol. The lowest BCUT2D eigenvalue weighted by Gasteiger charge is -2.29. The van der Waals surface area contributed by atoms with Crippen LogP contribution in [0.3, 0.4) is 0 Å². The minimum absolute atomic E-state index is 0.0539. The molecular formula is C21H15ClF4N4O4. The fourth-order valence-corrected chi connectivity index (χ4v) is 4.02. The van der Waals surface area contributed by atoms with Crippen LogP contribution >= 0.6 is 11.6 Å². The van der Waals surface area contributed by atoms with Gasteiger partial charge < -0.3 is 10.2 Å². The summed E-state index contributed by atoms with van der Waals surface area (Å²) in [5.74, 6) is -4.09. The topological polar surface area (TPSA) is 108 Å². The van der Waals surface area contributed by atoms with Crippen LogP contribution < -0.4 is 10.6 Å². The first-order valence-corrected chi connectivity index (χ1v) is 10.3. The number of hydrogen-bond donors (Lipinski definition) is 2. The zero-order valence-electron chi connectivity index (χ0n) is 17.1. The van der Waals surface area contributed by atoms with Gasteiger partial charge in [-0.15, -0.1) is 0 Å². The standard InChI is InChI=1S/C21H15ClF4N4O4/c22-11-6-13(23)16(27-7-11)17(21(24,25)26)29-18(32)9-1-2-12-10(5-9)8-30(20(12)34)14-3-4-15(31)28-19(14)33/h1-2,5-7,14,17H,3-4,8H2,(H,29,32)(H,28,31,33)/t14?,17-/m1/s1. The Hall–Kier alpha value is -3.54. The molecule has 13 heteroatoms. The molecule has 0 aliphatic carbocycles. The monoisotopic (exact) mass is 498 g/mol. The smallest absolute Gasteiger partial charge is 0.335 e. The average molecular weight is 499 g/mol. The van der Waals surface area contributed by atoms with Gasteiger partial charge in [0, 0.05) is 30.3 Å². The van der Waals surface area contributed by atoms with Crippen molar-refractivity contribution in [2.75, 3.05) is 0 Å². The normalized spacial score (nSPS) is 19.0. The number of halogens is 5. The zero-order chi connectivity index (χ0) is 24.8. The summed E-state index contributed by atoms with van der Waals surface area (Å²) in [7, 11) is 0. The molecule has 2 aliphatic heterocycles. The van der Waals surface area contributed by atoms with E-state index in [1.54, 1.807) is 5.32 Å². The molecule has 3 heterocycles. The lowest BCUT2D eigenvalue weighted by atomic mass is 10.0. The summed E-state index contributed by atoms with van der Waals surface area (Å²) in [5.41, 5.74) is -0.758. The summed E-state index contributed by atoms with van der Waals surface area (Å²) in [4.78, 5) is 53.4. The predicted octanol–water partition coefficient (Wildman–Crippen LogP) is 2.67. The van der Waals surface area contributed by atoms with E-state index in [0.717, 1.165) is 12.3 Å². The Morgan fingerprint density at radius 1 is 1.24 bits per heavy atom. The summed E-state index contributed by atoms with van der Waals surface area (Å²) < 4.78 is 54.8. The van der Waals surface area contributed by atoms with Crippen molar-refractivity contribution in [3.8, 4) is 0 Å². The first-order valence-electron chi connectivity index (χ1n) is 9.92. The van der Waals surface area contributed by atoms with Crippen LogP contribution in [0.1, 0.15) is 50.9 Å². The second-order valence-electron chi connectivity index (χ2n) is 7.74. The van der Waals surface area contributed by atoms with Gasteiger partial charge in [-0.25, -0.2) is 4.39 Å². The number of carbonyl (C=O) groups is 4. The summed E-state index contributed by atoms with van der Waals surface area (Å²) in [6.45, 7) is -0.0718. The van der Waals surface area contributed by atoms with E-state index in [1.807, 2.05) is 0 Å². The highest BCUT2D eigenvalue weighted by molar-refractivity contribution is 6.30. The number of fused-ring (bicyclic) bond motifs is 1. The number of amides is 4. The number of nitrogens with zero attached hydrogens (tertiary/aromatic N) is 2. The summed E-state index contributed by atoms with van der Waals surface area (Å²) in [6.07, 6.45) is -4.05. The van der Waals surface area contributed by atoms with Crippen molar-refractivity contribution in [1.29, 1.82) is 0 Å². The van der Waals surface area contributed by atoms with Gasteiger partial charge in [-0.1, -0.05) is 11.6 Å². The number of piperidine rings is 1. The molecule has 0 saturated carbocycles. The number of hydrogen-bond acceptors (Lipinski definition) is 5. The molecule has 8 nitrogen and oxygen atoms in total. The molecule has 2 aromatic rings. The molecular weight excluding hydrogens is 484 g/mol. The Bertz CT molecular complexity index is 1220. The molecule has 2 atom stereocenters. The maximum absolute atomic E-state index is 14.1. The van der Waals surface area contributed by atoms with Gasteiger partial charge in [0.15, 0.2) is 6.04 Å². The first kappa shape index (κ1) is 23.6. The van der Waals surface area contributed by atoms with Crippen molar-refractivity contribution >= 4 is 35.2 Å². The van der Waals surface area contributed by atoms with E-state index >= 15 is 0 Å². The van der Waals surface area contributed by atoms with Gasteiger partial charge in [0.2, 0.25) is 11.8 Å². The van der Waals surface area contributed by atoms with Crippen LogP contribution in [0.25, 0.3) is 0 Å². The molecule has 1 saturated heterocycles. The maximum atomic E-state index is 14.1. The van der Waals surface area contributed by atoms with Gasteiger partial charge in [-0.3, -0.25) is 29.5 Å². The van der Waals surface area contributed by atoms with E-state index in [2.05, 4.69) is 10.3 Å². The van der Waals surface area contributed by atoms with E-state index in [4.69, 9.17) is 11.6 Å². The third-order valence-electron chi connectivity index (χ3n) is 5.50. The lowest BCUT2D eigenvalue weighted by Crippen LogP contribution is -2.52. The van der Waals surface area contributed by atoms with Crippen LogP contribution in [-0.2, 0) is 16.1 Å². The molecule has 2 N–H and O–H groups in total. The number of benzene rings is 1. The Kier molecular flexibility index (Phi) is 6.02. The number of imide groups is 1. The molecule has 1 fully saturated rings. The second-order valence-corrected chi connectivity index (χ2v) is 8.18. The van der Waals surface area contributed by atoms with Crippen molar-refractivity contribution in [2.45, 2.75) is 37.6 Å². The summed E-state index contributed by atoms with van der Waals surface area (Å²) in [5, 5.41) is 3.67. The number of rotatable bonds is 4. The highest BCUT2D eigenvalue weighted by atomic mass is 35.5. The number of pyridine rings is 1. The van der Waals surface area contributed by atoms with Crippen LogP contribution in [0.4, 0.5) is 17.6 Å². The van der Waals surface area contributed by atoms with Gasteiger partial charge in [-0.2, -0.15) is 13.2 Å². The van der Waals surface area contributed by atoms with E-state index in [-0.39, 0.29) is 35.5 Å². The molecule has 1 aromatic heterocycles. The van der Waals surface area contributed by atoms with Gasteiger partial charge in [0.05, 0.1) is 5.02 Å². The number of alkyl halides is 3. The minimum Gasteiger partial charge on any atom is -0.335 e. The third kappa shape index (κ3) is 4.45. The molecule has 4 amide bonds. The number of aromatic nitrogens is 1. The zero-order valence-corrected chi connectivity index (χ0v) is 17.8.